The lowest BCUT2D eigenvalue weighted by atomic mass is 9.86. The molecule has 0 bridgehead atoms. The Bertz CT molecular complexity index is 983. The predicted molar refractivity (Wildman–Crippen MR) is 116 cm³/mol. The number of amides is 1. The topological polar surface area (TPSA) is 80.0 Å². The molecule has 152 valence electrons. The molecule has 6 nitrogen and oxygen atoms in total. The quantitative estimate of drug-likeness (QED) is 0.531. The molecule has 3 aromatic rings. The number of nitrogens with one attached hydrogen (secondary N) is 1. The van der Waals surface area contributed by atoms with Gasteiger partial charge in [0.1, 0.15) is 18.3 Å². The molecule has 29 heavy (non-hydrogen) atoms. The van der Waals surface area contributed by atoms with Crippen LogP contribution in [-0.2, 0) is 12.1 Å². The standard InChI is InChI=1S/C20H20Cl2N4O2S/c1-13(25-19(27)14-3-6-16(29-2)7-4-14)20(28,10-26-12-23-11-24-26)17-8-5-15(21)9-18(17)22/h3-9,11-13,28H,10H2,1-2H3,(H,25,27). The minimum atomic E-state index is -1.55. The third-order valence-corrected chi connectivity index (χ3v) is 5.97. The molecule has 2 aromatic carbocycles. The Hall–Kier alpha value is -2.06. The first-order chi connectivity index (χ1) is 13.8. The van der Waals surface area contributed by atoms with Gasteiger partial charge in [-0.2, -0.15) is 5.10 Å². The van der Waals surface area contributed by atoms with E-state index in [0.29, 0.717) is 21.2 Å². The van der Waals surface area contributed by atoms with Gasteiger partial charge in [-0.3, -0.25) is 4.79 Å². The van der Waals surface area contributed by atoms with Crippen LogP contribution in [0.5, 0.6) is 0 Å². The van der Waals surface area contributed by atoms with E-state index < -0.39 is 11.6 Å². The Balaban J connectivity index is 1.91. The smallest absolute Gasteiger partial charge is 0.251 e. The zero-order valence-electron chi connectivity index (χ0n) is 15.8. The molecule has 2 N–H and O–H groups in total. The second kappa shape index (κ2) is 9.17. The molecule has 2 atom stereocenters. The number of carbonyl (C=O) groups excluding carboxylic acids is 1. The van der Waals surface area contributed by atoms with E-state index in [1.807, 2.05) is 18.4 Å². The third-order valence-electron chi connectivity index (χ3n) is 4.68. The van der Waals surface area contributed by atoms with Gasteiger partial charge in [0, 0.05) is 26.1 Å². The summed E-state index contributed by atoms with van der Waals surface area (Å²) >= 11 is 14.0. The van der Waals surface area contributed by atoms with Gasteiger partial charge in [0.05, 0.1) is 12.6 Å². The van der Waals surface area contributed by atoms with Gasteiger partial charge in [0.2, 0.25) is 0 Å². The molecule has 1 amide bonds. The van der Waals surface area contributed by atoms with Gasteiger partial charge in [-0.15, -0.1) is 11.8 Å². The molecular formula is C20H20Cl2N4O2S. The Labute approximate surface area is 183 Å². The van der Waals surface area contributed by atoms with Gasteiger partial charge in [-0.05, 0) is 49.6 Å². The second-order valence-corrected chi connectivity index (χ2v) is 8.29. The monoisotopic (exact) mass is 450 g/mol. The van der Waals surface area contributed by atoms with Crippen molar-refractivity contribution in [3.8, 4) is 0 Å². The molecule has 0 aliphatic carbocycles. The maximum absolute atomic E-state index is 12.8. The van der Waals surface area contributed by atoms with E-state index >= 15 is 0 Å². The van der Waals surface area contributed by atoms with E-state index in [4.69, 9.17) is 23.2 Å². The van der Waals surface area contributed by atoms with Gasteiger partial charge in [0.15, 0.2) is 0 Å². The van der Waals surface area contributed by atoms with Crippen LogP contribution >= 0.6 is 35.0 Å². The first kappa shape index (κ1) is 21.6. The molecule has 0 saturated heterocycles. The summed E-state index contributed by atoms with van der Waals surface area (Å²) in [7, 11) is 0. The highest BCUT2D eigenvalue weighted by molar-refractivity contribution is 7.98. The number of nitrogens with zero attached hydrogens (tertiary/aromatic N) is 3. The van der Waals surface area contributed by atoms with Crippen molar-refractivity contribution in [2.24, 2.45) is 0 Å². The fraction of sp³-hybridized carbons (Fsp3) is 0.250. The van der Waals surface area contributed by atoms with Crippen molar-refractivity contribution < 1.29 is 9.90 Å². The van der Waals surface area contributed by atoms with E-state index in [0.717, 1.165) is 4.90 Å². The summed E-state index contributed by atoms with van der Waals surface area (Å²) in [4.78, 5) is 17.7. The van der Waals surface area contributed by atoms with Crippen LogP contribution in [0.1, 0.15) is 22.8 Å². The highest BCUT2D eigenvalue weighted by Gasteiger charge is 2.39. The zero-order valence-corrected chi connectivity index (χ0v) is 18.2. The molecule has 0 fully saturated rings. The van der Waals surface area contributed by atoms with Crippen molar-refractivity contribution in [2.45, 2.75) is 30.0 Å². The molecule has 1 heterocycles. The maximum Gasteiger partial charge on any atom is 0.251 e. The lowest BCUT2D eigenvalue weighted by Crippen LogP contribution is -2.51. The van der Waals surface area contributed by atoms with Gasteiger partial charge in [-0.25, -0.2) is 9.67 Å². The summed E-state index contributed by atoms with van der Waals surface area (Å²) in [5.41, 5.74) is -0.617. The third kappa shape index (κ3) is 4.93. The molecule has 0 radical (unpaired) electrons. The summed E-state index contributed by atoms with van der Waals surface area (Å²) in [5, 5.41) is 19.3. The first-order valence-corrected chi connectivity index (χ1v) is 10.8. The summed E-state index contributed by atoms with van der Waals surface area (Å²) < 4.78 is 1.49. The van der Waals surface area contributed by atoms with Crippen molar-refractivity contribution >= 4 is 40.9 Å². The highest BCUT2D eigenvalue weighted by Crippen LogP contribution is 2.34. The van der Waals surface area contributed by atoms with Gasteiger partial charge >= 0.3 is 0 Å². The van der Waals surface area contributed by atoms with Crippen molar-refractivity contribution in [2.75, 3.05) is 6.26 Å². The number of carbonyl (C=O) groups is 1. The van der Waals surface area contributed by atoms with E-state index in [2.05, 4.69) is 15.4 Å². The zero-order chi connectivity index (χ0) is 21.0. The Kier molecular flexibility index (Phi) is 6.85. The number of thioether (sulfide) groups is 1. The lowest BCUT2D eigenvalue weighted by molar-refractivity contribution is -0.0155. The summed E-state index contributed by atoms with van der Waals surface area (Å²) in [6.07, 6.45) is 4.84. The Morgan fingerprint density at radius 2 is 2.00 bits per heavy atom. The van der Waals surface area contributed by atoms with Crippen molar-refractivity contribution in [1.82, 2.24) is 20.1 Å². The average Bonchev–Trinajstić information content (AvgIpc) is 3.20. The first-order valence-electron chi connectivity index (χ1n) is 8.78. The second-order valence-electron chi connectivity index (χ2n) is 6.57. The number of hydrogen-bond acceptors (Lipinski definition) is 5. The minimum absolute atomic E-state index is 0.0429. The van der Waals surface area contributed by atoms with Crippen LogP contribution in [0, 0.1) is 0 Å². The average molecular weight is 451 g/mol. The molecule has 0 saturated carbocycles. The SMILES string of the molecule is CSc1ccc(C(=O)NC(C)C(O)(Cn2cncn2)c2ccc(Cl)cc2Cl)cc1. The molecule has 0 aliphatic heterocycles. The maximum atomic E-state index is 12.8. The Morgan fingerprint density at radius 3 is 2.59 bits per heavy atom. The molecule has 3 rings (SSSR count). The van der Waals surface area contributed by atoms with Gasteiger partial charge in [0.25, 0.3) is 5.91 Å². The van der Waals surface area contributed by atoms with Crippen LogP contribution in [0.3, 0.4) is 0 Å². The van der Waals surface area contributed by atoms with Gasteiger partial charge < -0.3 is 10.4 Å². The molecule has 9 heteroatoms. The van der Waals surface area contributed by atoms with Crippen molar-refractivity contribution in [1.29, 1.82) is 0 Å². The largest absolute Gasteiger partial charge is 0.381 e. The molecule has 0 aliphatic rings. The van der Waals surface area contributed by atoms with Crippen LogP contribution in [-0.4, -0.2) is 38.1 Å². The van der Waals surface area contributed by atoms with E-state index in [-0.39, 0.29) is 12.5 Å². The predicted octanol–water partition coefficient (Wildman–Crippen LogP) is 4.01. The fourth-order valence-corrected chi connectivity index (χ4v) is 3.98. The highest BCUT2D eigenvalue weighted by atomic mass is 35.5. The number of aliphatic hydroxyl groups is 1. The summed E-state index contributed by atoms with van der Waals surface area (Å²) in [6.45, 7) is 1.76. The van der Waals surface area contributed by atoms with Crippen LogP contribution in [0.2, 0.25) is 10.0 Å². The van der Waals surface area contributed by atoms with Crippen LogP contribution in [0.15, 0.2) is 60.0 Å². The van der Waals surface area contributed by atoms with Crippen molar-refractivity contribution in [3.63, 3.8) is 0 Å². The van der Waals surface area contributed by atoms with E-state index in [1.165, 1.54) is 17.3 Å². The lowest BCUT2D eigenvalue weighted by Gasteiger charge is -2.35. The molecule has 0 spiro atoms. The van der Waals surface area contributed by atoms with Crippen LogP contribution in [0.4, 0.5) is 0 Å². The van der Waals surface area contributed by atoms with Gasteiger partial charge in [-0.1, -0.05) is 29.3 Å². The number of aromatic nitrogens is 3. The van der Waals surface area contributed by atoms with E-state index in [1.54, 1.807) is 49.0 Å². The summed E-state index contributed by atoms with van der Waals surface area (Å²) in [6, 6.07) is 11.4. The Morgan fingerprint density at radius 1 is 1.28 bits per heavy atom. The number of halogens is 2. The number of benzene rings is 2. The summed E-state index contributed by atoms with van der Waals surface area (Å²) in [5.74, 6) is -0.299. The number of rotatable bonds is 7. The van der Waals surface area contributed by atoms with Crippen molar-refractivity contribution in [3.05, 3.63) is 76.3 Å². The molecule has 2 unspecified atom stereocenters. The molecule has 1 aromatic heterocycles. The fourth-order valence-electron chi connectivity index (χ4n) is 3.00. The van der Waals surface area contributed by atoms with E-state index in [9.17, 15) is 9.90 Å². The molecular weight excluding hydrogens is 431 g/mol. The number of hydrogen-bond donors (Lipinski definition) is 2. The minimum Gasteiger partial charge on any atom is -0.381 e. The van der Waals surface area contributed by atoms with Crippen LogP contribution in [0.25, 0.3) is 0 Å². The normalized spacial score (nSPS) is 14.2. The van der Waals surface area contributed by atoms with Crippen LogP contribution < -0.4 is 5.32 Å².